The van der Waals surface area contributed by atoms with Gasteiger partial charge in [-0.15, -0.1) is 12.6 Å². The molecule has 5 N–H and O–H groups in total. The number of anilines is 1. The number of hydrogen-bond acceptors (Lipinski definition) is 11. The summed E-state index contributed by atoms with van der Waals surface area (Å²) in [6.45, 7) is 5.19. The van der Waals surface area contributed by atoms with Gasteiger partial charge in [-0.2, -0.15) is 0 Å². The van der Waals surface area contributed by atoms with Crippen LogP contribution in [0.5, 0.6) is 0 Å². The second-order valence-electron chi connectivity index (χ2n) is 9.28. The van der Waals surface area contributed by atoms with Gasteiger partial charge in [-0.25, -0.2) is 0 Å². The number of nitrogens with two attached hydrogens (primary N) is 2. The molecule has 0 bridgehead atoms. The van der Waals surface area contributed by atoms with Gasteiger partial charge in [-0.05, 0) is 36.6 Å². The monoisotopic (exact) mass is 616 g/mol. The Kier molecular flexibility index (Phi) is 15.4. The molecule has 228 valence electrons. The number of carbonyl (C=O) groups is 5. The lowest BCUT2D eigenvalue weighted by Crippen LogP contribution is -2.42. The topological polar surface area (TPSA) is 195 Å². The van der Waals surface area contributed by atoms with Gasteiger partial charge in [0.25, 0.3) is 5.97 Å². The van der Waals surface area contributed by atoms with Gasteiger partial charge >= 0.3 is 11.9 Å². The number of esters is 2. The number of thiol groups is 1. The highest BCUT2D eigenvalue weighted by atomic mass is 35.5. The van der Waals surface area contributed by atoms with Crippen molar-refractivity contribution < 1.29 is 48.0 Å². The van der Waals surface area contributed by atoms with E-state index in [9.17, 15) is 19.2 Å². The number of ether oxygens (including phenoxy) is 4. The summed E-state index contributed by atoms with van der Waals surface area (Å²) in [6, 6.07) is 4.06. The zero-order chi connectivity index (χ0) is 31.3. The first-order chi connectivity index (χ1) is 19.1. The fourth-order valence-corrected chi connectivity index (χ4v) is 3.96. The molecule has 0 radical (unpaired) electrons. The van der Waals surface area contributed by atoms with E-state index in [1.54, 1.807) is 12.1 Å². The summed E-state index contributed by atoms with van der Waals surface area (Å²) in [7, 11) is 0. The van der Waals surface area contributed by atoms with Crippen molar-refractivity contribution in [1.29, 1.82) is 0 Å². The van der Waals surface area contributed by atoms with Gasteiger partial charge < -0.3 is 35.5 Å². The van der Waals surface area contributed by atoms with Crippen LogP contribution in [0.25, 0.3) is 0 Å². The Morgan fingerprint density at radius 2 is 1.63 bits per heavy atom. The van der Waals surface area contributed by atoms with E-state index in [1.807, 2.05) is 0 Å². The molecule has 0 spiro atoms. The predicted molar refractivity (Wildman–Crippen MR) is 153 cm³/mol. The molecule has 1 aromatic rings. The standard InChI is InChI=1S/C23H29ClN2O7.C2H4O2.C2H4OS/c1-12(27)31-16-8-17(33-22(9-16)32-13(2)28)11-30-23(14-3-4-14)20(26)10-21(29)18-6-5-15(24)7-19(18)25;2*1-2(3)4/h5-7,16-17,20,22H,3-4,8-11,25-26H2,1-2H3;2*1H3,(H,3,4). The van der Waals surface area contributed by atoms with Crippen molar-refractivity contribution in [2.45, 2.75) is 84.3 Å². The number of nitrogen functional groups attached to an aromatic ring is 1. The summed E-state index contributed by atoms with van der Waals surface area (Å²) in [4.78, 5) is 53.8. The molecule has 0 amide bonds. The third-order valence-electron chi connectivity index (χ3n) is 5.28. The van der Waals surface area contributed by atoms with Gasteiger partial charge in [-0.3, -0.25) is 24.0 Å². The van der Waals surface area contributed by atoms with Crippen LogP contribution in [0.2, 0.25) is 5.02 Å². The zero-order valence-corrected chi connectivity index (χ0v) is 25.0. The number of rotatable bonds is 9. The summed E-state index contributed by atoms with van der Waals surface area (Å²) in [5.74, 6) is -1.41. The minimum atomic E-state index is -0.839. The molecule has 2 aliphatic rings. The van der Waals surface area contributed by atoms with Crippen molar-refractivity contribution in [2.24, 2.45) is 5.73 Å². The molecule has 1 aromatic carbocycles. The highest BCUT2D eigenvalue weighted by Crippen LogP contribution is 2.35. The molecule has 2 fully saturated rings. The van der Waals surface area contributed by atoms with Crippen molar-refractivity contribution in [1.82, 2.24) is 0 Å². The van der Waals surface area contributed by atoms with Crippen LogP contribution in [0.15, 0.2) is 29.5 Å². The van der Waals surface area contributed by atoms with Crippen LogP contribution in [0.1, 0.15) is 70.2 Å². The van der Waals surface area contributed by atoms with E-state index >= 15 is 0 Å². The number of allylic oxidation sites excluding steroid dienone is 1. The van der Waals surface area contributed by atoms with Crippen LogP contribution in [-0.2, 0) is 38.1 Å². The minimum Gasteiger partial charge on any atom is -0.494 e. The van der Waals surface area contributed by atoms with Crippen molar-refractivity contribution in [3.05, 3.63) is 40.1 Å². The Hall–Kier alpha value is -3.13. The molecule has 4 unspecified atom stereocenters. The minimum absolute atomic E-state index is 0.0162. The molecule has 14 heteroatoms. The lowest BCUT2D eigenvalue weighted by Gasteiger charge is -2.34. The zero-order valence-electron chi connectivity index (χ0n) is 23.4. The number of Topliss-reactive ketones (excluding diaryl/α,β-unsaturated/α-hetero) is 1. The van der Waals surface area contributed by atoms with Crippen molar-refractivity contribution >= 4 is 58.7 Å². The van der Waals surface area contributed by atoms with Crippen molar-refractivity contribution in [2.75, 3.05) is 12.3 Å². The second-order valence-corrected chi connectivity index (χ2v) is 10.3. The molecule has 1 aliphatic heterocycles. The number of carboxylic acids is 1. The fraction of sp³-hybridized carbons (Fsp3) is 0.519. The summed E-state index contributed by atoms with van der Waals surface area (Å²) in [6.07, 6.45) is 0.550. The molecule has 1 saturated heterocycles. The van der Waals surface area contributed by atoms with E-state index in [4.69, 9.17) is 51.9 Å². The second kappa shape index (κ2) is 17.6. The lowest BCUT2D eigenvalue weighted by molar-refractivity contribution is -0.224. The molecule has 1 heterocycles. The van der Waals surface area contributed by atoms with E-state index in [1.165, 1.54) is 26.8 Å². The number of halogens is 1. The first-order valence-corrected chi connectivity index (χ1v) is 13.5. The summed E-state index contributed by atoms with van der Waals surface area (Å²) < 4.78 is 22.3. The van der Waals surface area contributed by atoms with Gasteiger partial charge in [-0.1, -0.05) is 11.6 Å². The summed E-state index contributed by atoms with van der Waals surface area (Å²) in [5, 5.41) is 7.73. The summed E-state index contributed by atoms with van der Waals surface area (Å²) in [5.41, 5.74) is 13.9. The molecule has 0 aromatic heterocycles. The number of hydrogen-bond donors (Lipinski definition) is 4. The van der Waals surface area contributed by atoms with Crippen LogP contribution in [-0.4, -0.2) is 65.1 Å². The Bertz CT molecular complexity index is 1090. The van der Waals surface area contributed by atoms with Gasteiger partial charge in [0.15, 0.2) is 10.9 Å². The molecule has 1 aliphatic carbocycles. The van der Waals surface area contributed by atoms with E-state index in [0.29, 0.717) is 28.5 Å². The van der Waals surface area contributed by atoms with Crippen LogP contribution in [0, 0.1) is 0 Å². The number of aliphatic carboxylic acids is 1. The number of carbonyl (C=O) groups excluding carboxylic acids is 4. The maximum Gasteiger partial charge on any atom is 0.304 e. The van der Waals surface area contributed by atoms with Crippen LogP contribution in [0.4, 0.5) is 5.69 Å². The highest BCUT2D eigenvalue weighted by Gasteiger charge is 2.35. The van der Waals surface area contributed by atoms with E-state index in [-0.39, 0.29) is 30.3 Å². The summed E-state index contributed by atoms with van der Waals surface area (Å²) >= 11 is 9.24. The van der Waals surface area contributed by atoms with Gasteiger partial charge in [0, 0.05) is 63.2 Å². The number of carboxylic acid groups (broad SMARTS) is 1. The average molecular weight is 617 g/mol. The van der Waals surface area contributed by atoms with Crippen LogP contribution >= 0.6 is 24.2 Å². The largest absolute Gasteiger partial charge is 0.494 e. The molecular weight excluding hydrogens is 580 g/mol. The van der Waals surface area contributed by atoms with E-state index in [0.717, 1.165) is 25.3 Å². The normalized spacial score (nSPS) is 19.6. The van der Waals surface area contributed by atoms with E-state index < -0.39 is 42.4 Å². The maximum atomic E-state index is 12.7. The first-order valence-electron chi connectivity index (χ1n) is 12.7. The maximum absolute atomic E-state index is 12.7. The molecule has 3 rings (SSSR count). The lowest BCUT2D eigenvalue weighted by atomic mass is 10.0. The Morgan fingerprint density at radius 1 is 1.07 bits per heavy atom. The molecule has 41 heavy (non-hydrogen) atoms. The Morgan fingerprint density at radius 3 is 2.12 bits per heavy atom. The Labute approximate surface area is 249 Å². The van der Waals surface area contributed by atoms with Gasteiger partial charge in [0.05, 0.1) is 12.1 Å². The van der Waals surface area contributed by atoms with Crippen LogP contribution < -0.4 is 11.5 Å². The molecule has 1 saturated carbocycles. The highest BCUT2D eigenvalue weighted by molar-refractivity contribution is 7.96. The predicted octanol–water partition coefficient (Wildman–Crippen LogP) is 3.44. The smallest absolute Gasteiger partial charge is 0.304 e. The fourth-order valence-electron chi connectivity index (χ4n) is 3.78. The third-order valence-corrected chi connectivity index (χ3v) is 5.52. The van der Waals surface area contributed by atoms with E-state index in [2.05, 4.69) is 12.6 Å². The molecule has 4 atom stereocenters. The van der Waals surface area contributed by atoms with Crippen LogP contribution in [0.3, 0.4) is 0 Å². The SMILES string of the molecule is CC(=O)O.CC(=O)OC1CC(COC(=C2CC2)C(N)CC(=O)c2ccc(Cl)cc2N)OC(OC(C)=O)C1.CC(=O)S. The molecule has 12 nitrogen and oxygen atoms in total. The van der Waals surface area contributed by atoms with Crippen molar-refractivity contribution in [3.63, 3.8) is 0 Å². The molecular formula is C27H37ClN2O10S. The number of benzene rings is 1. The number of ketones is 1. The van der Waals surface area contributed by atoms with Crippen molar-refractivity contribution in [3.8, 4) is 0 Å². The Balaban J connectivity index is 0.000000930. The average Bonchev–Trinajstić information content (AvgIpc) is 3.62. The van der Waals surface area contributed by atoms with Gasteiger partial charge in [0.2, 0.25) is 6.29 Å². The first kappa shape index (κ1) is 35.9. The van der Waals surface area contributed by atoms with Gasteiger partial charge in [0.1, 0.15) is 18.5 Å². The third kappa shape index (κ3) is 15.4. The quantitative estimate of drug-likeness (QED) is 0.104.